The second-order valence-electron chi connectivity index (χ2n) is 10.3. The van der Waals surface area contributed by atoms with Crippen LogP contribution < -0.4 is 0 Å². The summed E-state index contributed by atoms with van der Waals surface area (Å²) in [5.41, 5.74) is 2.32. The van der Waals surface area contributed by atoms with Crippen molar-refractivity contribution in [2.24, 2.45) is 0 Å². The number of alkyl halides is 6. The Bertz CT molecular complexity index is 2130. The quantitative estimate of drug-likeness (QED) is 0.193. The molecule has 0 saturated carbocycles. The van der Waals surface area contributed by atoms with E-state index in [1.54, 1.807) is 18.3 Å². The molecule has 0 N–H and O–H groups in total. The molecule has 8 heteroatoms. The van der Waals surface area contributed by atoms with Gasteiger partial charge in [-0.25, -0.2) is 4.98 Å². The first kappa shape index (κ1) is 26.8. The Morgan fingerprint density at radius 1 is 0.488 bits per heavy atom. The highest BCUT2D eigenvalue weighted by molar-refractivity contribution is 6.08. The molecule has 0 atom stereocenters. The summed E-state index contributed by atoms with van der Waals surface area (Å²) < 4.78 is 86.7. The summed E-state index contributed by atoms with van der Waals surface area (Å²) in [5.74, 6) is 0. The van der Waals surface area contributed by atoms with Crippen molar-refractivity contribution in [2.45, 2.75) is 12.4 Å². The van der Waals surface area contributed by atoms with Gasteiger partial charge in [0, 0.05) is 22.5 Å². The Morgan fingerprint density at radius 3 is 1.72 bits per heavy atom. The second kappa shape index (κ2) is 9.73. The topological polar surface area (TPSA) is 26.0 Å². The maximum absolute atomic E-state index is 13.4. The minimum Gasteiger partial charge on any atom is -0.437 e. The van der Waals surface area contributed by atoms with Crippen LogP contribution in [0.2, 0.25) is 0 Å². The molecule has 0 aliphatic heterocycles. The third kappa shape index (κ3) is 4.88. The van der Waals surface area contributed by atoms with E-state index in [9.17, 15) is 26.3 Å². The van der Waals surface area contributed by atoms with Crippen LogP contribution in [0.3, 0.4) is 0 Å². The van der Waals surface area contributed by atoms with Crippen LogP contribution in [0.25, 0.3) is 66.2 Å². The average Bonchev–Trinajstić information content (AvgIpc) is 3.38. The van der Waals surface area contributed by atoms with Gasteiger partial charge >= 0.3 is 12.4 Å². The molecule has 0 bridgehead atoms. The van der Waals surface area contributed by atoms with E-state index in [-0.39, 0.29) is 17.2 Å². The number of rotatable bonds is 3. The van der Waals surface area contributed by atoms with E-state index in [0.717, 1.165) is 56.1 Å². The number of benzene rings is 5. The van der Waals surface area contributed by atoms with E-state index >= 15 is 0 Å². The average molecular weight is 584 g/mol. The number of nitrogens with zero attached hydrogens (tertiary/aromatic N) is 1. The minimum atomic E-state index is -4.92. The molecule has 7 rings (SSSR count). The molecule has 5 aromatic carbocycles. The molecule has 0 aliphatic rings. The molecule has 0 aliphatic carbocycles. The number of hydrogen-bond acceptors (Lipinski definition) is 2. The summed E-state index contributed by atoms with van der Waals surface area (Å²) in [4.78, 5) is 4.32. The van der Waals surface area contributed by atoms with Gasteiger partial charge in [-0.15, -0.1) is 0 Å². The SMILES string of the molecule is FC(F)(F)c1cc(-c2ccc3ccc(-c4ccc(-c5cccc6c5oc5ncccc56)cc4)cc3c2)cc(C(F)(F)F)c1. The Hall–Kier alpha value is -5.11. The fourth-order valence-electron chi connectivity index (χ4n) is 5.43. The maximum Gasteiger partial charge on any atom is 0.416 e. The van der Waals surface area contributed by atoms with Crippen molar-refractivity contribution in [2.75, 3.05) is 0 Å². The molecule has 0 radical (unpaired) electrons. The van der Waals surface area contributed by atoms with E-state index in [1.807, 2.05) is 72.8 Å². The molecule has 0 unspecified atom stereocenters. The first-order valence-electron chi connectivity index (χ1n) is 13.3. The van der Waals surface area contributed by atoms with E-state index < -0.39 is 23.5 Å². The third-order valence-corrected chi connectivity index (χ3v) is 7.57. The summed E-state index contributed by atoms with van der Waals surface area (Å²) in [6, 6.07) is 29.8. The molecule has 2 heterocycles. The predicted molar refractivity (Wildman–Crippen MR) is 155 cm³/mol. The van der Waals surface area contributed by atoms with Gasteiger partial charge in [-0.3, -0.25) is 0 Å². The Labute approximate surface area is 240 Å². The van der Waals surface area contributed by atoms with Crippen molar-refractivity contribution in [3.8, 4) is 33.4 Å². The predicted octanol–water partition coefficient (Wildman–Crippen LogP) is 11.2. The Morgan fingerprint density at radius 2 is 1.07 bits per heavy atom. The number of halogens is 6. The second-order valence-corrected chi connectivity index (χ2v) is 10.3. The molecule has 2 aromatic heterocycles. The van der Waals surface area contributed by atoms with Gasteiger partial charge in [0.1, 0.15) is 5.58 Å². The van der Waals surface area contributed by atoms with Gasteiger partial charge in [0.25, 0.3) is 0 Å². The van der Waals surface area contributed by atoms with Crippen LogP contribution in [-0.2, 0) is 12.4 Å². The van der Waals surface area contributed by atoms with Gasteiger partial charge in [-0.2, -0.15) is 26.3 Å². The normalized spacial score (nSPS) is 12.4. The zero-order valence-electron chi connectivity index (χ0n) is 22.1. The Kier molecular flexibility index (Phi) is 6.06. The largest absolute Gasteiger partial charge is 0.437 e. The van der Waals surface area contributed by atoms with Crippen LogP contribution in [-0.4, -0.2) is 4.98 Å². The molecule has 43 heavy (non-hydrogen) atoms. The number of fused-ring (bicyclic) bond motifs is 4. The van der Waals surface area contributed by atoms with E-state index in [0.29, 0.717) is 11.1 Å². The number of pyridine rings is 1. The molecular weight excluding hydrogens is 564 g/mol. The maximum atomic E-state index is 13.4. The monoisotopic (exact) mass is 583 g/mol. The lowest BCUT2D eigenvalue weighted by molar-refractivity contribution is -0.143. The van der Waals surface area contributed by atoms with E-state index in [1.165, 1.54) is 6.07 Å². The number of hydrogen-bond donors (Lipinski definition) is 0. The van der Waals surface area contributed by atoms with Gasteiger partial charge in [0.2, 0.25) is 5.71 Å². The zero-order chi connectivity index (χ0) is 29.9. The molecule has 0 fully saturated rings. The number of furan rings is 1. The highest BCUT2D eigenvalue weighted by atomic mass is 19.4. The van der Waals surface area contributed by atoms with Crippen LogP contribution in [0.5, 0.6) is 0 Å². The number of para-hydroxylation sites is 1. The van der Waals surface area contributed by atoms with Gasteiger partial charge in [0.05, 0.1) is 11.1 Å². The van der Waals surface area contributed by atoms with Gasteiger partial charge < -0.3 is 4.42 Å². The fraction of sp³-hybridized carbons (Fsp3) is 0.0571. The lowest BCUT2D eigenvalue weighted by atomic mass is 9.94. The van der Waals surface area contributed by atoms with Crippen molar-refractivity contribution in [3.05, 3.63) is 127 Å². The van der Waals surface area contributed by atoms with Crippen LogP contribution in [0.1, 0.15) is 11.1 Å². The van der Waals surface area contributed by atoms with Crippen molar-refractivity contribution in [3.63, 3.8) is 0 Å². The van der Waals surface area contributed by atoms with Gasteiger partial charge in [-0.05, 0) is 81.1 Å². The van der Waals surface area contributed by atoms with Gasteiger partial charge in [0.15, 0.2) is 0 Å². The van der Waals surface area contributed by atoms with Crippen molar-refractivity contribution >= 4 is 32.8 Å². The van der Waals surface area contributed by atoms with Crippen molar-refractivity contribution < 1.29 is 30.8 Å². The lowest BCUT2D eigenvalue weighted by Crippen LogP contribution is -2.11. The van der Waals surface area contributed by atoms with E-state index in [4.69, 9.17) is 4.42 Å². The van der Waals surface area contributed by atoms with E-state index in [2.05, 4.69) is 4.98 Å². The summed E-state index contributed by atoms with van der Waals surface area (Å²) in [7, 11) is 0. The molecule has 7 aromatic rings. The van der Waals surface area contributed by atoms with Crippen LogP contribution in [0.15, 0.2) is 120 Å². The first-order valence-corrected chi connectivity index (χ1v) is 13.3. The third-order valence-electron chi connectivity index (χ3n) is 7.57. The van der Waals surface area contributed by atoms with Crippen molar-refractivity contribution in [1.29, 1.82) is 0 Å². The smallest absolute Gasteiger partial charge is 0.416 e. The highest BCUT2D eigenvalue weighted by Gasteiger charge is 2.37. The molecule has 212 valence electrons. The first-order chi connectivity index (χ1) is 20.5. The fourth-order valence-corrected chi connectivity index (χ4v) is 5.43. The van der Waals surface area contributed by atoms with Gasteiger partial charge in [-0.1, -0.05) is 66.7 Å². The summed E-state index contributed by atoms with van der Waals surface area (Å²) in [6.07, 6.45) is -8.15. The highest BCUT2D eigenvalue weighted by Crippen LogP contribution is 2.40. The molecule has 0 saturated heterocycles. The van der Waals surface area contributed by atoms with Crippen molar-refractivity contribution in [1.82, 2.24) is 4.98 Å². The molecule has 2 nitrogen and oxygen atoms in total. The molecule has 0 amide bonds. The standard InChI is InChI=1S/C35H19F6NO/c36-34(37,38)27-17-26(18-28(19-27)35(39,40)41)24-13-9-21-8-12-23(15-25(21)16-24)20-6-10-22(11-7-20)29-3-1-4-30-31-5-2-14-42-33(31)43-32(29)30/h1-19H. The van der Waals surface area contributed by atoms with Crippen LogP contribution in [0.4, 0.5) is 26.3 Å². The summed E-state index contributed by atoms with van der Waals surface area (Å²) in [5, 5.41) is 3.39. The zero-order valence-corrected chi connectivity index (χ0v) is 22.1. The summed E-state index contributed by atoms with van der Waals surface area (Å²) in [6.45, 7) is 0. The molecular formula is C35H19F6NO. The number of aromatic nitrogens is 1. The summed E-state index contributed by atoms with van der Waals surface area (Å²) >= 11 is 0. The lowest BCUT2D eigenvalue weighted by Gasteiger charge is -2.15. The van der Waals surface area contributed by atoms with Crippen LogP contribution in [0, 0.1) is 0 Å². The van der Waals surface area contributed by atoms with Crippen LogP contribution >= 0.6 is 0 Å². The molecule has 0 spiro atoms. The Balaban J connectivity index is 1.26. The minimum absolute atomic E-state index is 0.137.